The Morgan fingerprint density at radius 3 is 2.76 bits per heavy atom. The number of fused-ring (bicyclic) bond motifs is 1. The Morgan fingerprint density at radius 1 is 1.12 bits per heavy atom. The number of carbonyl (C=O) groups is 1. The molecule has 128 valence electrons. The van der Waals surface area contributed by atoms with Crippen LogP contribution in [0.4, 0.5) is 0 Å². The van der Waals surface area contributed by atoms with E-state index in [0.29, 0.717) is 12.3 Å². The first-order chi connectivity index (χ1) is 12.3. The lowest BCUT2D eigenvalue weighted by Gasteiger charge is -2.32. The minimum Gasteiger partial charge on any atom is -0.342 e. The topological polar surface area (TPSA) is 33.2 Å². The molecule has 0 aliphatic carbocycles. The Morgan fingerprint density at radius 2 is 1.92 bits per heavy atom. The number of hydrogen-bond acceptors (Lipinski definition) is 3. The van der Waals surface area contributed by atoms with Gasteiger partial charge in [-0.15, -0.1) is 11.3 Å². The van der Waals surface area contributed by atoms with Gasteiger partial charge in [0.05, 0.1) is 15.2 Å². The fraction of sp³-hybridized carbons (Fsp3) is 0.333. The van der Waals surface area contributed by atoms with Gasteiger partial charge in [0.25, 0.3) is 0 Å². The third-order valence-electron chi connectivity index (χ3n) is 4.90. The first-order valence-corrected chi connectivity index (χ1v) is 9.78. The summed E-state index contributed by atoms with van der Waals surface area (Å²) in [5.74, 6) is 0.654. The zero-order valence-corrected chi connectivity index (χ0v) is 15.0. The van der Waals surface area contributed by atoms with E-state index in [2.05, 4.69) is 30.3 Å². The van der Waals surface area contributed by atoms with Gasteiger partial charge in [-0.05, 0) is 37.0 Å². The number of benzene rings is 2. The number of piperidine rings is 1. The summed E-state index contributed by atoms with van der Waals surface area (Å²) in [5.41, 5.74) is 2.31. The molecule has 1 fully saturated rings. The molecule has 4 heteroatoms. The SMILES string of the molecule is O=C(CCc1ccccc1)N1CCC[C@@H](c2nc3ccccc3s2)C1. The van der Waals surface area contributed by atoms with Gasteiger partial charge in [-0.1, -0.05) is 42.5 Å². The van der Waals surface area contributed by atoms with Crippen molar-refractivity contribution in [1.82, 2.24) is 9.88 Å². The molecule has 3 nitrogen and oxygen atoms in total. The van der Waals surface area contributed by atoms with Gasteiger partial charge in [0.1, 0.15) is 0 Å². The van der Waals surface area contributed by atoms with Crippen molar-refractivity contribution in [2.75, 3.05) is 13.1 Å². The van der Waals surface area contributed by atoms with Crippen molar-refractivity contribution < 1.29 is 4.79 Å². The Hall–Kier alpha value is -2.20. The van der Waals surface area contributed by atoms with Crippen LogP contribution in [0.1, 0.15) is 35.8 Å². The van der Waals surface area contributed by atoms with E-state index < -0.39 is 0 Å². The van der Waals surface area contributed by atoms with E-state index in [1.807, 2.05) is 29.2 Å². The molecule has 0 spiro atoms. The smallest absolute Gasteiger partial charge is 0.222 e. The van der Waals surface area contributed by atoms with Crippen LogP contribution >= 0.6 is 11.3 Å². The molecule has 1 aliphatic rings. The quantitative estimate of drug-likeness (QED) is 0.687. The van der Waals surface area contributed by atoms with Crippen LogP contribution < -0.4 is 0 Å². The maximum Gasteiger partial charge on any atom is 0.222 e. The van der Waals surface area contributed by atoms with Crippen LogP contribution in [-0.4, -0.2) is 28.9 Å². The van der Waals surface area contributed by atoms with Crippen LogP contribution in [0.2, 0.25) is 0 Å². The molecular formula is C21H22N2OS. The standard InChI is InChI=1S/C21H22N2OS/c24-20(13-12-16-7-2-1-3-8-16)23-14-6-9-17(15-23)21-22-18-10-4-5-11-19(18)25-21/h1-5,7-8,10-11,17H,6,9,12-15H2/t17-/m1/s1. The summed E-state index contributed by atoms with van der Waals surface area (Å²) in [7, 11) is 0. The number of aryl methyl sites for hydroxylation is 1. The lowest BCUT2D eigenvalue weighted by Crippen LogP contribution is -2.39. The molecule has 0 N–H and O–H groups in total. The van der Waals surface area contributed by atoms with Gasteiger partial charge in [0, 0.05) is 25.4 Å². The van der Waals surface area contributed by atoms with Gasteiger partial charge in [-0.25, -0.2) is 4.98 Å². The molecule has 1 amide bonds. The first kappa shape index (κ1) is 16.3. The minimum atomic E-state index is 0.273. The van der Waals surface area contributed by atoms with Gasteiger partial charge < -0.3 is 4.90 Å². The van der Waals surface area contributed by atoms with E-state index in [1.165, 1.54) is 15.3 Å². The van der Waals surface area contributed by atoms with Gasteiger partial charge >= 0.3 is 0 Å². The lowest BCUT2D eigenvalue weighted by atomic mass is 9.98. The van der Waals surface area contributed by atoms with E-state index in [4.69, 9.17) is 4.98 Å². The molecule has 4 rings (SSSR count). The second-order valence-corrected chi connectivity index (χ2v) is 7.75. The number of rotatable bonds is 4. The lowest BCUT2D eigenvalue weighted by molar-refractivity contribution is -0.132. The van der Waals surface area contributed by atoms with Crippen molar-refractivity contribution in [1.29, 1.82) is 0 Å². The highest BCUT2D eigenvalue weighted by Gasteiger charge is 2.26. The zero-order valence-electron chi connectivity index (χ0n) is 14.2. The number of hydrogen-bond donors (Lipinski definition) is 0. The molecule has 1 saturated heterocycles. The Balaban J connectivity index is 1.41. The molecule has 0 unspecified atom stereocenters. The fourth-order valence-corrected chi connectivity index (χ4v) is 4.62. The van der Waals surface area contributed by atoms with Crippen molar-refractivity contribution in [3.63, 3.8) is 0 Å². The van der Waals surface area contributed by atoms with Gasteiger partial charge in [-0.2, -0.15) is 0 Å². The van der Waals surface area contributed by atoms with Crippen LogP contribution in [0.5, 0.6) is 0 Å². The van der Waals surface area contributed by atoms with Crippen LogP contribution in [0, 0.1) is 0 Å². The van der Waals surface area contributed by atoms with Crippen LogP contribution in [0.25, 0.3) is 10.2 Å². The van der Waals surface area contributed by atoms with E-state index in [1.54, 1.807) is 11.3 Å². The van der Waals surface area contributed by atoms with Crippen LogP contribution in [0.15, 0.2) is 54.6 Å². The Bertz CT molecular complexity index is 825. The van der Waals surface area contributed by atoms with Gasteiger partial charge in [-0.3, -0.25) is 4.79 Å². The number of para-hydroxylation sites is 1. The second kappa shape index (κ2) is 7.36. The molecule has 25 heavy (non-hydrogen) atoms. The van der Waals surface area contributed by atoms with Crippen molar-refractivity contribution in [2.45, 2.75) is 31.6 Å². The zero-order chi connectivity index (χ0) is 17.1. The summed E-state index contributed by atoms with van der Waals surface area (Å²) in [6.45, 7) is 1.70. The highest BCUT2D eigenvalue weighted by atomic mass is 32.1. The van der Waals surface area contributed by atoms with Gasteiger partial charge in [0.15, 0.2) is 0 Å². The molecule has 0 radical (unpaired) electrons. The number of amides is 1. The minimum absolute atomic E-state index is 0.273. The average molecular weight is 350 g/mol. The second-order valence-electron chi connectivity index (χ2n) is 6.68. The van der Waals surface area contributed by atoms with Crippen LogP contribution in [0.3, 0.4) is 0 Å². The summed E-state index contributed by atoms with van der Waals surface area (Å²) >= 11 is 1.78. The fourth-order valence-electron chi connectivity index (χ4n) is 3.52. The molecule has 0 saturated carbocycles. The summed E-state index contributed by atoms with van der Waals surface area (Å²) < 4.78 is 1.24. The predicted octanol–water partition coefficient (Wildman–Crippen LogP) is 4.64. The van der Waals surface area contributed by atoms with Crippen molar-refractivity contribution in [2.24, 2.45) is 0 Å². The van der Waals surface area contributed by atoms with Crippen molar-refractivity contribution >= 4 is 27.5 Å². The third kappa shape index (κ3) is 3.74. The molecule has 1 aromatic heterocycles. The maximum atomic E-state index is 12.6. The van der Waals surface area contributed by atoms with Crippen LogP contribution in [-0.2, 0) is 11.2 Å². The molecule has 3 aromatic rings. The largest absolute Gasteiger partial charge is 0.342 e. The predicted molar refractivity (Wildman–Crippen MR) is 103 cm³/mol. The summed E-state index contributed by atoms with van der Waals surface area (Å²) in [6, 6.07) is 18.5. The van der Waals surface area contributed by atoms with E-state index in [-0.39, 0.29) is 5.91 Å². The normalized spacial score (nSPS) is 17.8. The Kier molecular flexibility index (Phi) is 4.79. The summed E-state index contributed by atoms with van der Waals surface area (Å²) in [4.78, 5) is 19.5. The number of nitrogens with zero attached hydrogens (tertiary/aromatic N) is 2. The van der Waals surface area contributed by atoms with E-state index in [9.17, 15) is 4.79 Å². The Labute approximate surface area is 152 Å². The highest BCUT2D eigenvalue weighted by molar-refractivity contribution is 7.18. The third-order valence-corrected chi connectivity index (χ3v) is 6.10. The summed E-state index contributed by atoms with van der Waals surface area (Å²) in [6.07, 6.45) is 3.61. The molecular weight excluding hydrogens is 328 g/mol. The monoisotopic (exact) mass is 350 g/mol. The molecule has 0 bridgehead atoms. The number of carbonyl (C=O) groups excluding carboxylic acids is 1. The number of likely N-dealkylation sites (tertiary alicyclic amines) is 1. The maximum absolute atomic E-state index is 12.6. The average Bonchev–Trinajstić information content (AvgIpc) is 3.11. The molecule has 2 heterocycles. The van der Waals surface area contributed by atoms with Crippen molar-refractivity contribution in [3.8, 4) is 0 Å². The van der Waals surface area contributed by atoms with E-state index >= 15 is 0 Å². The van der Waals surface area contributed by atoms with E-state index in [0.717, 1.165) is 37.9 Å². The summed E-state index contributed by atoms with van der Waals surface area (Å²) in [5, 5.41) is 1.18. The molecule has 1 aliphatic heterocycles. The molecule has 1 atom stereocenters. The first-order valence-electron chi connectivity index (χ1n) is 8.97. The molecule has 2 aromatic carbocycles. The number of aromatic nitrogens is 1. The van der Waals surface area contributed by atoms with Crippen molar-refractivity contribution in [3.05, 3.63) is 65.2 Å². The number of thiazole rings is 1. The van der Waals surface area contributed by atoms with Gasteiger partial charge in [0.2, 0.25) is 5.91 Å². The highest BCUT2D eigenvalue weighted by Crippen LogP contribution is 2.33.